The minimum atomic E-state index is -0.801. The molecule has 3 atom stereocenters. The molecule has 0 aromatic rings. The van der Waals surface area contributed by atoms with Gasteiger partial charge < -0.3 is 16.2 Å². The third kappa shape index (κ3) is 5.12. The van der Waals surface area contributed by atoms with E-state index in [0.717, 1.165) is 32.1 Å². The van der Waals surface area contributed by atoms with Crippen molar-refractivity contribution in [2.24, 2.45) is 23.5 Å². The Morgan fingerprint density at radius 2 is 1.90 bits per heavy atom. The van der Waals surface area contributed by atoms with Crippen LogP contribution >= 0.6 is 0 Å². The van der Waals surface area contributed by atoms with Crippen molar-refractivity contribution in [3.05, 3.63) is 0 Å². The van der Waals surface area contributed by atoms with Gasteiger partial charge in [-0.15, -0.1) is 0 Å². The van der Waals surface area contributed by atoms with Gasteiger partial charge in [0.15, 0.2) is 0 Å². The molecule has 0 spiro atoms. The first-order chi connectivity index (χ1) is 9.45. The Labute approximate surface area is 121 Å². The van der Waals surface area contributed by atoms with Gasteiger partial charge in [-0.3, -0.25) is 9.59 Å². The number of aliphatic carboxylic acids is 1. The predicted octanol–water partition coefficient (Wildman–Crippen LogP) is 1.76. The maximum absolute atomic E-state index is 12.3. The Bertz CT molecular complexity index is 331. The summed E-state index contributed by atoms with van der Waals surface area (Å²) in [6, 6.07) is -0.247. The maximum atomic E-state index is 12.3. The third-order valence-corrected chi connectivity index (χ3v) is 4.07. The van der Waals surface area contributed by atoms with Gasteiger partial charge in [0.25, 0.3) is 0 Å². The highest BCUT2D eigenvalue weighted by molar-refractivity contribution is 5.80. The summed E-state index contributed by atoms with van der Waals surface area (Å²) in [6.45, 7) is 4.43. The van der Waals surface area contributed by atoms with Crippen LogP contribution in [0.5, 0.6) is 0 Å². The molecule has 0 aliphatic heterocycles. The Hall–Kier alpha value is -1.10. The van der Waals surface area contributed by atoms with E-state index in [9.17, 15) is 14.7 Å². The van der Waals surface area contributed by atoms with Crippen LogP contribution in [0, 0.1) is 17.8 Å². The van der Waals surface area contributed by atoms with Crippen molar-refractivity contribution in [1.82, 2.24) is 5.32 Å². The second-order valence-electron chi connectivity index (χ2n) is 6.26. The predicted molar refractivity (Wildman–Crippen MR) is 78.1 cm³/mol. The first-order valence-electron chi connectivity index (χ1n) is 7.69. The maximum Gasteiger partial charge on any atom is 0.308 e. The van der Waals surface area contributed by atoms with Gasteiger partial charge in [0.1, 0.15) is 0 Å². The van der Waals surface area contributed by atoms with Crippen molar-refractivity contribution in [3.8, 4) is 0 Å². The van der Waals surface area contributed by atoms with E-state index in [1.165, 1.54) is 0 Å². The normalized spacial score (nSPS) is 25.0. The zero-order valence-electron chi connectivity index (χ0n) is 12.6. The van der Waals surface area contributed by atoms with Gasteiger partial charge in [0.2, 0.25) is 5.91 Å². The van der Waals surface area contributed by atoms with Crippen molar-refractivity contribution >= 4 is 11.9 Å². The number of hydrogen-bond acceptors (Lipinski definition) is 3. The number of carbonyl (C=O) groups is 2. The van der Waals surface area contributed by atoms with E-state index >= 15 is 0 Å². The number of rotatable bonds is 6. The number of carboxylic acid groups (broad SMARTS) is 1. The fraction of sp³-hybridized carbons (Fsp3) is 0.867. The molecule has 1 fully saturated rings. The molecule has 0 aromatic carbocycles. The lowest BCUT2D eigenvalue weighted by atomic mass is 9.92. The summed E-state index contributed by atoms with van der Waals surface area (Å²) in [4.78, 5) is 23.6. The van der Waals surface area contributed by atoms with E-state index < -0.39 is 11.9 Å². The van der Waals surface area contributed by atoms with Gasteiger partial charge in [-0.05, 0) is 25.2 Å². The lowest BCUT2D eigenvalue weighted by Gasteiger charge is -2.26. The topological polar surface area (TPSA) is 92.4 Å². The Morgan fingerprint density at radius 1 is 1.25 bits per heavy atom. The summed E-state index contributed by atoms with van der Waals surface area (Å²) < 4.78 is 0. The molecular weight excluding hydrogens is 256 g/mol. The van der Waals surface area contributed by atoms with E-state index in [4.69, 9.17) is 5.73 Å². The minimum absolute atomic E-state index is 0.0839. The monoisotopic (exact) mass is 284 g/mol. The minimum Gasteiger partial charge on any atom is -0.481 e. The number of carbonyl (C=O) groups excluding carboxylic acids is 1. The van der Waals surface area contributed by atoms with Gasteiger partial charge in [-0.25, -0.2) is 0 Å². The molecule has 3 unspecified atom stereocenters. The molecule has 1 saturated carbocycles. The molecule has 0 saturated heterocycles. The quantitative estimate of drug-likeness (QED) is 0.648. The fourth-order valence-electron chi connectivity index (χ4n) is 2.96. The van der Waals surface area contributed by atoms with Crippen molar-refractivity contribution in [2.75, 3.05) is 6.54 Å². The van der Waals surface area contributed by atoms with Crippen molar-refractivity contribution in [2.45, 2.75) is 58.4 Å². The number of carboxylic acids is 1. The van der Waals surface area contributed by atoms with Gasteiger partial charge in [-0.1, -0.05) is 33.1 Å². The van der Waals surface area contributed by atoms with Crippen molar-refractivity contribution < 1.29 is 14.7 Å². The zero-order valence-corrected chi connectivity index (χ0v) is 12.6. The highest BCUT2D eigenvalue weighted by Crippen LogP contribution is 2.24. The Kier molecular flexibility index (Phi) is 6.99. The summed E-state index contributed by atoms with van der Waals surface area (Å²) in [5.74, 6) is -1.16. The van der Waals surface area contributed by atoms with Gasteiger partial charge >= 0.3 is 5.97 Å². The third-order valence-electron chi connectivity index (χ3n) is 4.07. The molecule has 1 rings (SSSR count). The molecule has 4 N–H and O–H groups in total. The van der Waals surface area contributed by atoms with Crippen LogP contribution in [0.15, 0.2) is 0 Å². The number of nitrogens with two attached hydrogens (primary N) is 1. The first-order valence-corrected chi connectivity index (χ1v) is 7.69. The molecule has 1 amide bonds. The first kappa shape index (κ1) is 17.0. The Morgan fingerprint density at radius 3 is 2.45 bits per heavy atom. The lowest BCUT2D eigenvalue weighted by molar-refractivity contribution is -0.143. The summed E-state index contributed by atoms with van der Waals surface area (Å²) in [6.07, 6.45) is 5.09. The average molecular weight is 284 g/mol. The van der Waals surface area contributed by atoms with E-state index in [1.807, 2.05) is 0 Å². The van der Waals surface area contributed by atoms with Crippen molar-refractivity contribution in [3.63, 3.8) is 0 Å². The second-order valence-corrected chi connectivity index (χ2v) is 6.26. The summed E-state index contributed by atoms with van der Waals surface area (Å²) >= 11 is 0. The molecule has 0 radical (unpaired) electrons. The fourth-order valence-corrected chi connectivity index (χ4v) is 2.96. The largest absolute Gasteiger partial charge is 0.481 e. The molecule has 20 heavy (non-hydrogen) atoms. The van der Waals surface area contributed by atoms with Crippen LogP contribution in [-0.2, 0) is 9.59 Å². The van der Waals surface area contributed by atoms with Crippen LogP contribution in [0.1, 0.15) is 52.4 Å². The van der Waals surface area contributed by atoms with Gasteiger partial charge in [-0.2, -0.15) is 0 Å². The summed E-state index contributed by atoms with van der Waals surface area (Å²) in [7, 11) is 0. The van der Waals surface area contributed by atoms with Crippen LogP contribution in [0.3, 0.4) is 0 Å². The van der Waals surface area contributed by atoms with Crippen LogP contribution in [0.25, 0.3) is 0 Å². The SMILES string of the molecule is CC(C)CC(CN)C(=O)NC1CCCCCC1C(=O)O. The summed E-state index contributed by atoms with van der Waals surface area (Å²) in [5.41, 5.74) is 5.68. The smallest absolute Gasteiger partial charge is 0.308 e. The average Bonchev–Trinajstić information content (AvgIpc) is 2.60. The van der Waals surface area contributed by atoms with E-state index in [2.05, 4.69) is 19.2 Å². The highest BCUT2D eigenvalue weighted by atomic mass is 16.4. The molecule has 1 aliphatic carbocycles. The van der Waals surface area contributed by atoms with Crippen molar-refractivity contribution in [1.29, 1.82) is 0 Å². The molecule has 5 heteroatoms. The summed E-state index contributed by atoms with van der Waals surface area (Å²) in [5, 5.41) is 12.3. The molecule has 0 bridgehead atoms. The van der Waals surface area contributed by atoms with E-state index in [1.54, 1.807) is 0 Å². The van der Waals surface area contributed by atoms with Crippen LogP contribution in [0.4, 0.5) is 0 Å². The number of nitrogens with one attached hydrogen (secondary N) is 1. The molecule has 116 valence electrons. The zero-order chi connectivity index (χ0) is 15.1. The van der Waals surface area contributed by atoms with Crippen LogP contribution < -0.4 is 11.1 Å². The standard InChI is InChI=1S/C15H28N2O3/c1-10(2)8-11(9-16)14(18)17-13-7-5-3-4-6-12(13)15(19)20/h10-13H,3-9,16H2,1-2H3,(H,17,18)(H,19,20). The molecule has 0 heterocycles. The molecule has 1 aliphatic rings. The van der Waals surface area contributed by atoms with Gasteiger partial charge in [0, 0.05) is 12.6 Å². The molecule has 5 nitrogen and oxygen atoms in total. The van der Waals surface area contributed by atoms with Crippen LogP contribution in [-0.4, -0.2) is 29.6 Å². The Balaban J connectivity index is 2.66. The highest BCUT2D eigenvalue weighted by Gasteiger charge is 2.32. The van der Waals surface area contributed by atoms with Gasteiger partial charge in [0.05, 0.1) is 11.8 Å². The lowest BCUT2D eigenvalue weighted by Crippen LogP contribution is -2.46. The number of amides is 1. The molecular formula is C15H28N2O3. The van der Waals surface area contributed by atoms with E-state index in [0.29, 0.717) is 18.9 Å². The van der Waals surface area contributed by atoms with E-state index in [-0.39, 0.29) is 17.9 Å². The number of hydrogen-bond donors (Lipinski definition) is 3. The second kappa shape index (κ2) is 8.25. The van der Waals surface area contributed by atoms with Crippen LogP contribution in [0.2, 0.25) is 0 Å². The molecule has 0 aromatic heterocycles.